The maximum Gasteiger partial charge on any atom is 0.254 e. The highest BCUT2D eigenvalue weighted by atomic mass is 16.2. The summed E-state index contributed by atoms with van der Waals surface area (Å²) in [7, 11) is 0. The Bertz CT molecular complexity index is 873. The molecule has 28 heavy (non-hydrogen) atoms. The van der Waals surface area contributed by atoms with E-state index in [2.05, 4.69) is 25.8 Å². The predicted octanol–water partition coefficient (Wildman–Crippen LogP) is 1.84. The molecule has 0 spiro atoms. The van der Waals surface area contributed by atoms with Crippen molar-refractivity contribution in [3.63, 3.8) is 0 Å². The number of pyridine rings is 1. The third kappa shape index (κ3) is 4.23. The maximum absolute atomic E-state index is 13.4. The highest BCUT2D eigenvalue weighted by Gasteiger charge is 2.26. The number of tetrazole rings is 1. The maximum atomic E-state index is 13.4. The zero-order chi connectivity index (χ0) is 19.2. The Hall–Kier alpha value is -3.13. The van der Waals surface area contributed by atoms with Gasteiger partial charge in [-0.2, -0.15) is 0 Å². The topological polar surface area (TPSA) is 88.8 Å². The Morgan fingerprint density at radius 2 is 2.04 bits per heavy atom. The minimum Gasteiger partial charge on any atom is -0.330 e. The van der Waals surface area contributed by atoms with Crippen LogP contribution in [0.3, 0.4) is 0 Å². The van der Waals surface area contributed by atoms with Crippen LogP contribution >= 0.6 is 0 Å². The van der Waals surface area contributed by atoms with Gasteiger partial charge in [0.2, 0.25) is 0 Å². The molecule has 4 rings (SSSR count). The Kier molecular flexibility index (Phi) is 5.67. The van der Waals surface area contributed by atoms with Crippen LogP contribution < -0.4 is 5.32 Å². The number of aromatic nitrogens is 5. The number of amides is 1. The molecule has 1 unspecified atom stereocenters. The number of carbonyl (C=O) groups is 1. The van der Waals surface area contributed by atoms with Gasteiger partial charge in [0.05, 0.1) is 17.9 Å². The fourth-order valence-corrected chi connectivity index (χ4v) is 3.55. The van der Waals surface area contributed by atoms with Crippen molar-refractivity contribution < 1.29 is 4.79 Å². The molecule has 0 saturated carbocycles. The second-order valence-corrected chi connectivity index (χ2v) is 6.89. The van der Waals surface area contributed by atoms with E-state index in [1.807, 2.05) is 47.4 Å². The normalized spacial score (nSPS) is 17.1. The average Bonchev–Trinajstić information content (AvgIpc) is 3.15. The summed E-state index contributed by atoms with van der Waals surface area (Å²) < 4.78 is 1.57. The molecule has 0 bridgehead atoms. The summed E-state index contributed by atoms with van der Waals surface area (Å²) in [6.45, 7) is 2.44. The van der Waals surface area contributed by atoms with E-state index < -0.39 is 0 Å². The minimum atomic E-state index is 0.0285. The van der Waals surface area contributed by atoms with E-state index in [9.17, 15) is 4.79 Å². The van der Waals surface area contributed by atoms with Crippen molar-refractivity contribution in [1.29, 1.82) is 0 Å². The molecule has 8 heteroatoms. The molecule has 1 saturated heterocycles. The lowest BCUT2D eigenvalue weighted by Gasteiger charge is -2.31. The van der Waals surface area contributed by atoms with E-state index in [1.165, 1.54) is 6.33 Å². The van der Waals surface area contributed by atoms with Gasteiger partial charge in [0.15, 0.2) is 0 Å². The Labute approximate surface area is 163 Å². The van der Waals surface area contributed by atoms with Crippen molar-refractivity contribution >= 4 is 5.91 Å². The van der Waals surface area contributed by atoms with Crippen LogP contribution in [0.5, 0.6) is 0 Å². The molecule has 1 aliphatic rings. The van der Waals surface area contributed by atoms with Gasteiger partial charge in [0.1, 0.15) is 6.33 Å². The number of nitrogens with zero attached hydrogens (tertiary/aromatic N) is 6. The number of nitrogens with one attached hydrogen (secondary N) is 1. The molecule has 1 aliphatic heterocycles. The lowest BCUT2D eigenvalue weighted by Crippen LogP contribution is -2.40. The van der Waals surface area contributed by atoms with Gasteiger partial charge in [-0.25, -0.2) is 4.68 Å². The van der Waals surface area contributed by atoms with E-state index in [-0.39, 0.29) is 11.9 Å². The summed E-state index contributed by atoms with van der Waals surface area (Å²) in [5, 5.41) is 14.6. The molecule has 144 valence electrons. The fourth-order valence-electron chi connectivity index (χ4n) is 3.55. The number of rotatable bonds is 5. The second-order valence-electron chi connectivity index (χ2n) is 6.89. The molecule has 0 radical (unpaired) electrons. The van der Waals surface area contributed by atoms with Crippen LogP contribution in [0.1, 0.15) is 35.3 Å². The first kappa shape index (κ1) is 18.2. The van der Waals surface area contributed by atoms with Crippen molar-refractivity contribution in [3.05, 3.63) is 66.2 Å². The Balaban J connectivity index is 1.58. The van der Waals surface area contributed by atoms with E-state index in [4.69, 9.17) is 0 Å². The molecule has 1 amide bonds. The van der Waals surface area contributed by atoms with Crippen LogP contribution in [0.2, 0.25) is 0 Å². The van der Waals surface area contributed by atoms with Gasteiger partial charge in [-0.05, 0) is 79.2 Å². The molecule has 3 aromatic rings. The van der Waals surface area contributed by atoms with Gasteiger partial charge >= 0.3 is 0 Å². The third-order valence-electron chi connectivity index (χ3n) is 5.03. The quantitative estimate of drug-likeness (QED) is 0.730. The van der Waals surface area contributed by atoms with Gasteiger partial charge in [-0.3, -0.25) is 9.78 Å². The Morgan fingerprint density at radius 1 is 1.14 bits per heavy atom. The SMILES string of the molecule is O=C(c1ccc(-n2cnnn2)cc1)N(Cc1ccccn1)C1CCCNCC1. The van der Waals surface area contributed by atoms with E-state index in [1.54, 1.807) is 10.9 Å². The van der Waals surface area contributed by atoms with Crippen LogP contribution in [0.15, 0.2) is 55.0 Å². The van der Waals surface area contributed by atoms with Gasteiger partial charge < -0.3 is 10.2 Å². The van der Waals surface area contributed by atoms with Crippen LogP contribution in [0.25, 0.3) is 5.69 Å². The van der Waals surface area contributed by atoms with Gasteiger partial charge in [0.25, 0.3) is 5.91 Å². The summed E-state index contributed by atoms with van der Waals surface area (Å²) in [6.07, 6.45) is 6.31. The van der Waals surface area contributed by atoms with Gasteiger partial charge in [0, 0.05) is 17.8 Å². The van der Waals surface area contributed by atoms with Crippen molar-refractivity contribution in [2.75, 3.05) is 13.1 Å². The molecule has 3 heterocycles. The zero-order valence-corrected chi connectivity index (χ0v) is 15.6. The molecule has 1 N–H and O–H groups in total. The van der Waals surface area contributed by atoms with E-state index in [0.29, 0.717) is 12.1 Å². The van der Waals surface area contributed by atoms with Gasteiger partial charge in [-0.15, -0.1) is 5.10 Å². The zero-order valence-electron chi connectivity index (χ0n) is 15.6. The van der Waals surface area contributed by atoms with Crippen LogP contribution in [0, 0.1) is 0 Å². The Morgan fingerprint density at radius 3 is 2.79 bits per heavy atom. The smallest absolute Gasteiger partial charge is 0.254 e. The fraction of sp³-hybridized carbons (Fsp3) is 0.350. The summed E-state index contributed by atoms with van der Waals surface area (Å²) in [5.74, 6) is 0.0285. The molecule has 0 aliphatic carbocycles. The van der Waals surface area contributed by atoms with Crippen molar-refractivity contribution in [2.45, 2.75) is 31.8 Å². The van der Waals surface area contributed by atoms with Crippen LogP contribution in [-0.2, 0) is 6.54 Å². The van der Waals surface area contributed by atoms with Gasteiger partial charge in [-0.1, -0.05) is 6.07 Å². The molecular weight excluding hydrogens is 354 g/mol. The largest absolute Gasteiger partial charge is 0.330 e. The number of benzene rings is 1. The second kappa shape index (κ2) is 8.71. The van der Waals surface area contributed by atoms with Crippen LogP contribution in [0.4, 0.5) is 0 Å². The molecule has 1 aromatic carbocycles. The van der Waals surface area contributed by atoms with Crippen molar-refractivity contribution in [1.82, 2.24) is 35.4 Å². The first-order valence-corrected chi connectivity index (χ1v) is 9.56. The predicted molar refractivity (Wildman–Crippen MR) is 104 cm³/mol. The lowest BCUT2D eigenvalue weighted by molar-refractivity contribution is 0.0642. The first-order valence-electron chi connectivity index (χ1n) is 9.56. The number of hydrogen-bond donors (Lipinski definition) is 1. The summed E-state index contributed by atoms with van der Waals surface area (Å²) in [5.41, 5.74) is 2.37. The van der Waals surface area contributed by atoms with Crippen molar-refractivity contribution in [3.8, 4) is 5.69 Å². The lowest BCUT2D eigenvalue weighted by atomic mass is 10.0. The summed E-state index contributed by atoms with van der Waals surface area (Å²) in [4.78, 5) is 19.8. The summed E-state index contributed by atoms with van der Waals surface area (Å²) >= 11 is 0. The third-order valence-corrected chi connectivity index (χ3v) is 5.03. The highest BCUT2D eigenvalue weighted by Crippen LogP contribution is 2.20. The molecule has 1 atom stereocenters. The highest BCUT2D eigenvalue weighted by molar-refractivity contribution is 5.94. The number of carbonyl (C=O) groups excluding carboxylic acids is 1. The van der Waals surface area contributed by atoms with Crippen molar-refractivity contribution in [2.24, 2.45) is 0 Å². The minimum absolute atomic E-state index is 0.0285. The molecule has 8 nitrogen and oxygen atoms in total. The van der Waals surface area contributed by atoms with Crippen LogP contribution in [-0.4, -0.2) is 55.1 Å². The van der Waals surface area contributed by atoms with E-state index in [0.717, 1.165) is 43.7 Å². The first-order chi connectivity index (χ1) is 13.8. The molecule has 2 aromatic heterocycles. The average molecular weight is 377 g/mol. The molecule has 1 fully saturated rings. The summed E-state index contributed by atoms with van der Waals surface area (Å²) in [6, 6.07) is 13.4. The standard InChI is InChI=1S/C20H23N7O/c28-20(16-6-8-19(9-7-16)27-15-23-24-25-27)26(14-17-4-1-2-12-22-17)18-5-3-11-21-13-10-18/h1-2,4,6-9,12,15,18,21H,3,5,10-11,13-14H2. The van der Waals surface area contributed by atoms with E-state index >= 15 is 0 Å². The monoisotopic (exact) mass is 377 g/mol. The molecular formula is C20H23N7O. The number of hydrogen-bond acceptors (Lipinski definition) is 6.